The summed E-state index contributed by atoms with van der Waals surface area (Å²) in [5.74, 6) is -1.73. The van der Waals surface area contributed by atoms with Gasteiger partial charge in [-0.2, -0.15) is 4.72 Å². The molecule has 0 saturated heterocycles. The van der Waals surface area contributed by atoms with Crippen LogP contribution in [0.25, 0.3) is 0 Å². The van der Waals surface area contributed by atoms with Crippen LogP contribution >= 0.6 is 0 Å². The highest BCUT2D eigenvalue weighted by molar-refractivity contribution is 7.89. The van der Waals surface area contributed by atoms with Gasteiger partial charge < -0.3 is 5.11 Å². The molecule has 2 N–H and O–H groups in total. The molecule has 0 aliphatic rings. The molecule has 0 spiro atoms. The molecular weight excluding hydrogens is 300 g/mol. The monoisotopic (exact) mass is 316 g/mol. The molecule has 1 rings (SSSR count). The standard InChI is InChI=1S/C12H16N2O6S/c1-7(2)11(12(15)16)13-21(19,20)10-5-4-9(14(17)18)6-8(10)3/h4-7,11,13H,1-3H3,(H,15,16)/t11-/m0/s1. The van der Waals surface area contributed by atoms with Crippen LogP contribution < -0.4 is 4.72 Å². The number of non-ortho nitro benzene ring substituents is 1. The molecule has 0 aliphatic heterocycles. The van der Waals surface area contributed by atoms with E-state index in [4.69, 9.17) is 5.11 Å². The van der Waals surface area contributed by atoms with Gasteiger partial charge in [0.25, 0.3) is 5.69 Å². The number of nitrogens with one attached hydrogen (secondary N) is 1. The Morgan fingerprint density at radius 2 is 1.95 bits per heavy atom. The Kier molecular flexibility index (Phi) is 5.02. The summed E-state index contributed by atoms with van der Waals surface area (Å²) in [6.07, 6.45) is 0. The summed E-state index contributed by atoms with van der Waals surface area (Å²) >= 11 is 0. The molecule has 1 atom stereocenters. The summed E-state index contributed by atoms with van der Waals surface area (Å²) in [5.41, 5.74) is -0.0605. The van der Waals surface area contributed by atoms with Gasteiger partial charge in [-0.15, -0.1) is 0 Å². The molecule has 1 aromatic rings. The van der Waals surface area contributed by atoms with Crippen molar-refractivity contribution >= 4 is 21.7 Å². The quantitative estimate of drug-likeness (QED) is 0.601. The number of aliphatic carboxylic acids is 1. The van der Waals surface area contributed by atoms with E-state index in [0.29, 0.717) is 0 Å². The molecular formula is C12H16N2O6S. The van der Waals surface area contributed by atoms with Crippen molar-refractivity contribution in [2.75, 3.05) is 0 Å². The second kappa shape index (κ2) is 6.19. The highest BCUT2D eigenvalue weighted by Gasteiger charge is 2.29. The number of nitro benzene ring substituents is 1. The second-order valence-electron chi connectivity index (χ2n) is 4.89. The Balaban J connectivity index is 3.19. The van der Waals surface area contributed by atoms with Gasteiger partial charge in [0.1, 0.15) is 6.04 Å². The Morgan fingerprint density at radius 1 is 1.38 bits per heavy atom. The minimum atomic E-state index is -4.08. The zero-order valence-corrected chi connectivity index (χ0v) is 12.5. The van der Waals surface area contributed by atoms with Crippen molar-refractivity contribution in [3.8, 4) is 0 Å². The Hall–Kier alpha value is -2.00. The van der Waals surface area contributed by atoms with E-state index in [1.165, 1.54) is 6.92 Å². The van der Waals surface area contributed by atoms with Gasteiger partial charge in [0.2, 0.25) is 10.0 Å². The first-order valence-electron chi connectivity index (χ1n) is 6.06. The minimum absolute atomic E-state index is 0.171. The van der Waals surface area contributed by atoms with Gasteiger partial charge in [0, 0.05) is 12.1 Å². The summed E-state index contributed by atoms with van der Waals surface area (Å²) in [6.45, 7) is 4.56. The number of benzene rings is 1. The number of aryl methyl sites for hydroxylation is 1. The molecule has 1 aromatic carbocycles. The fourth-order valence-corrected chi connectivity index (χ4v) is 3.32. The van der Waals surface area contributed by atoms with Crippen LogP contribution in [0.1, 0.15) is 19.4 Å². The minimum Gasteiger partial charge on any atom is -0.480 e. The number of hydrogen-bond donors (Lipinski definition) is 2. The number of rotatable bonds is 6. The van der Waals surface area contributed by atoms with Crippen LogP contribution in [0, 0.1) is 23.0 Å². The third-order valence-corrected chi connectivity index (χ3v) is 4.48. The third kappa shape index (κ3) is 3.99. The molecule has 0 saturated carbocycles. The number of carbonyl (C=O) groups is 1. The van der Waals surface area contributed by atoms with E-state index in [0.717, 1.165) is 18.2 Å². The maximum Gasteiger partial charge on any atom is 0.322 e. The van der Waals surface area contributed by atoms with Crippen LogP contribution in [0.2, 0.25) is 0 Å². The van der Waals surface area contributed by atoms with Crippen LogP contribution in [0.4, 0.5) is 5.69 Å². The molecule has 0 unspecified atom stereocenters. The van der Waals surface area contributed by atoms with Crippen LogP contribution in [-0.2, 0) is 14.8 Å². The Bertz CT molecular complexity index is 668. The van der Waals surface area contributed by atoms with E-state index in [9.17, 15) is 23.3 Å². The van der Waals surface area contributed by atoms with Crippen molar-refractivity contribution in [3.05, 3.63) is 33.9 Å². The van der Waals surface area contributed by atoms with Crippen LogP contribution in [-0.4, -0.2) is 30.5 Å². The number of hydrogen-bond acceptors (Lipinski definition) is 5. The van der Waals surface area contributed by atoms with Gasteiger partial charge in [0.15, 0.2) is 0 Å². The van der Waals surface area contributed by atoms with Crippen molar-refractivity contribution in [1.82, 2.24) is 4.72 Å². The lowest BCUT2D eigenvalue weighted by Gasteiger charge is -2.18. The van der Waals surface area contributed by atoms with E-state index in [-0.39, 0.29) is 16.1 Å². The van der Waals surface area contributed by atoms with Crippen molar-refractivity contribution in [2.24, 2.45) is 5.92 Å². The first-order valence-corrected chi connectivity index (χ1v) is 7.54. The Labute approximate surface area is 122 Å². The molecule has 0 heterocycles. The Morgan fingerprint density at radius 3 is 2.33 bits per heavy atom. The molecule has 0 fully saturated rings. The van der Waals surface area contributed by atoms with Gasteiger partial charge in [-0.05, 0) is 24.5 Å². The maximum absolute atomic E-state index is 12.2. The van der Waals surface area contributed by atoms with Gasteiger partial charge in [-0.3, -0.25) is 14.9 Å². The molecule has 9 heteroatoms. The van der Waals surface area contributed by atoms with Gasteiger partial charge in [0.05, 0.1) is 9.82 Å². The molecule has 0 bridgehead atoms. The molecule has 8 nitrogen and oxygen atoms in total. The number of sulfonamides is 1. The number of carboxylic acids is 1. The molecule has 0 radical (unpaired) electrons. The first-order chi connectivity index (χ1) is 9.56. The molecule has 21 heavy (non-hydrogen) atoms. The third-order valence-electron chi connectivity index (χ3n) is 2.87. The summed E-state index contributed by atoms with van der Waals surface area (Å²) in [6, 6.07) is 2.01. The molecule has 116 valence electrons. The fourth-order valence-electron chi connectivity index (χ4n) is 1.75. The smallest absolute Gasteiger partial charge is 0.322 e. The van der Waals surface area contributed by atoms with Crippen molar-refractivity contribution < 1.29 is 23.2 Å². The lowest BCUT2D eigenvalue weighted by molar-refractivity contribution is -0.385. The average Bonchev–Trinajstić information content (AvgIpc) is 2.34. The highest BCUT2D eigenvalue weighted by Crippen LogP contribution is 2.21. The molecule has 0 aromatic heterocycles. The number of nitrogens with zero attached hydrogens (tertiary/aromatic N) is 1. The highest BCUT2D eigenvalue weighted by atomic mass is 32.2. The lowest BCUT2D eigenvalue weighted by atomic mass is 10.1. The predicted molar refractivity (Wildman–Crippen MR) is 74.4 cm³/mol. The number of nitro groups is 1. The van der Waals surface area contributed by atoms with Crippen LogP contribution in [0.3, 0.4) is 0 Å². The van der Waals surface area contributed by atoms with Crippen LogP contribution in [0.15, 0.2) is 23.1 Å². The average molecular weight is 316 g/mol. The topological polar surface area (TPSA) is 127 Å². The SMILES string of the molecule is Cc1cc([N+](=O)[O-])ccc1S(=O)(=O)N[C@H](C(=O)O)C(C)C. The predicted octanol–water partition coefficient (Wildman–Crippen LogP) is 1.29. The maximum atomic E-state index is 12.2. The first kappa shape index (κ1) is 17.1. The van der Waals surface area contributed by atoms with Gasteiger partial charge in [-0.25, -0.2) is 8.42 Å². The number of carboxylic acid groups (broad SMARTS) is 1. The molecule has 0 amide bonds. The second-order valence-corrected chi connectivity index (χ2v) is 6.57. The van der Waals surface area contributed by atoms with Crippen molar-refractivity contribution in [1.29, 1.82) is 0 Å². The fraction of sp³-hybridized carbons (Fsp3) is 0.417. The van der Waals surface area contributed by atoms with E-state index >= 15 is 0 Å². The summed E-state index contributed by atoms with van der Waals surface area (Å²) < 4.78 is 26.5. The van der Waals surface area contributed by atoms with E-state index in [1.807, 2.05) is 0 Å². The van der Waals surface area contributed by atoms with Gasteiger partial charge >= 0.3 is 5.97 Å². The van der Waals surface area contributed by atoms with E-state index < -0.39 is 32.9 Å². The zero-order chi connectivity index (χ0) is 16.4. The largest absolute Gasteiger partial charge is 0.480 e. The summed E-state index contributed by atoms with van der Waals surface area (Å²) in [5, 5.41) is 19.7. The normalized spacial score (nSPS) is 13.1. The summed E-state index contributed by atoms with van der Waals surface area (Å²) in [4.78, 5) is 20.9. The lowest BCUT2D eigenvalue weighted by Crippen LogP contribution is -2.44. The van der Waals surface area contributed by atoms with Crippen LogP contribution in [0.5, 0.6) is 0 Å². The van der Waals surface area contributed by atoms with Crippen molar-refractivity contribution in [3.63, 3.8) is 0 Å². The van der Waals surface area contributed by atoms with Gasteiger partial charge in [-0.1, -0.05) is 13.8 Å². The van der Waals surface area contributed by atoms with E-state index in [2.05, 4.69) is 4.72 Å². The molecule has 0 aliphatic carbocycles. The van der Waals surface area contributed by atoms with E-state index in [1.54, 1.807) is 13.8 Å². The zero-order valence-electron chi connectivity index (χ0n) is 11.7. The van der Waals surface area contributed by atoms with Crippen molar-refractivity contribution in [2.45, 2.75) is 31.7 Å². The summed E-state index contributed by atoms with van der Waals surface area (Å²) in [7, 11) is -4.08.